The lowest BCUT2D eigenvalue weighted by molar-refractivity contribution is -0.579. The lowest BCUT2D eigenvalue weighted by Crippen LogP contribution is -2.47. The fraction of sp³-hybridized carbons (Fsp3) is 0.833. The molecule has 5 heteroatoms. The second-order valence-electron chi connectivity index (χ2n) is 4.97. The standard InChI is InChI=1S/C12H23NO4/c1-10(2)5-4-6-11(3)7-12(8-14,9-15)13(16)17/h5,11,14-15H,4,6-9H2,1-3H3. The van der Waals surface area contributed by atoms with Crippen LogP contribution in [0.4, 0.5) is 0 Å². The van der Waals surface area contributed by atoms with Gasteiger partial charge in [-0.15, -0.1) is 0 Å². The van der Waals surface area contributed by atoms with Crippen LogP contribution in [0.3, 0.4) is 0 Å². The molecular weight excluding hydrogens is 222 g/mol. The zero-order valence-corrected chi connectivity index (χ0v) is 10.8. The highest BCUT2D eigenvalue weighted by atomic mass is 16.6. The van der Waals surface area contributed by atoms with Crippen LogP contribution in [0.1, 0.15) is 40.0 Å². The van der Waals surface area contributed by atoms with Crippen LogP contribution >= 0.6 is 0 Å². The first kappa shape index (κ1) is 16.1. The number of aliphatic hydroxyl groups is 2. The van der Waals surface area contributed by atoms with Gasteiger partial charge in [0.15, 0.2) is 0 Å². The molecule has 0 aliphatic carbocycles. The number of hydrogen-bond acceptors (Lipinski definition) is 4. The topological polar surface area (TPSA) is 83.6 Å². The SMILES string of the molecule is CC(C)=CCCC(C)CC(CO)(CO)[N+](=O)[O-]. The fourth-order valence-electron chi connectivity index (χ4n) is 1.78. The monoisotopic (exact) mass is 245 g/mol. The first-order valence-corrected chi connectivity index (χ1v) is 5.87. The van der Waals surface area contributed by atoms with E-state index in [1.807, 2.05) is 20.8 Å². The average Bonchev–Trinajstić information content (AvgIpc) is 2.25. The minimum absolute atomic E-state index is 0.0929. The molecule has 0 aliphatic heterocycles. The second-order valence-corrected chi connectivity index (χ2v) is 4.97. The summed E-state index contributed by atoms with van der Waals surface area (Å²) in [6, 6.07) is 0. The van der Waals surface area contributed by atoms with Crippen molar-refractivity contribution < 1.29 is 15.1 Å². The molecule has 0 aliphatic rings. The summed E-state index contributed by atoms with van der Waals surface area (Å²) in [5.41, 5.74) is -0.369. The highest BCUT2D eigenvalue weighted by Gasteiger charge is 2.42. The summed E-state index contributed by atoms with van der Waals surface area (Å²) in [5.74, 6) is 0.0929. The van der Waals surface area contributed by atoms with Crippen LogP contribution in [-0.2, 0) is 0 Å². The summed E-state index contributed by atoms with van der Waals surface area (Å²) < 4.78 is 0. The Morgan fingerprint density at radius 1 is 1.41 bits per heavy atom. The molecule has 100 valence electrons. The number of hydrogen-bond donors (Lipinski definition) is 2. The van der Waals surface area contributed by atoms with Crippen molar-refractivity contribution in [3.8, 4) is 0 Å². The molecule has 0 radical (unpaired) electrons. The van der Waals surface area contributed by atoms with Gasteiger partial charge in [-0.25, -0.2) is 0 Å². The normalized spacial score (nSPS) is 13.2. The van der Waals surface area contributed by atoms with Crippen molar-refractivity contribution >= 4 is 0 Å². The molecule has 0 fully saturated rings. The molecule has 0 aromatic heterocycles. The van der Waals surface area contributed by atoms with Crippen molar-refractivity contribution in [2.24, 2.45) is 5.92 Å². The summed E-state index contributed by atoms with van der Waals surface area (Å²) in [6.45, 7) is 4.68. The van der Waals surface area contributed by atoms with Gasteiger partial charge < -0.3 is 10.2 Å². The third-order valence-corrected chi connectivity index (χ3v) is 2.92. The van der Waals surface area contributed by atoms with Gasteiger partial charge in [0.05, 0.1) is 0 Å². The Labute approximate surface area is 102 Å². The molecule has 17 heavy (non-hydrogen) atoms. The van der Waals surface area contributed by atoms with Gasteiger partial charge in [0.25, 0.3) is 5.54 Å². The van der Waals surface area contributed by atoms with E-state index in [1.165, 1.54) is 5.57 Å². The molecular formula is C12H23NO4. The highest BCUT2D eigenvalue weighted by Crippen LogP contribution is 2.23. The molecule has 0 amide bonds. The molecule has 0 saturated heterocycles. The summed E-state index contributed by atoms with van der Waals surface area (Å²) in [7, 11) is 0. The predicted octanol–water partition coefficient (Wildman–Crippen LogP) is 1.76. The van der Waals surface area contributed by atoms with E-state index in [0.717, 1.165) is 12.8 Å². The van der Waals surface area contributed by atoms with Crippen LogP contribution in [0.25, 0.3) is 0 Å². The van der Waals surface area contributed by atoms with Crippen molar-refractivity contribution in [1.82, 2.24) is 0 Å². The number of nitro groups is 1. The number of rotatable bonds is 8. The Morgan fingerprint density at radius 2 is 1.94 bits per heavy atom. The lowest BCUT2D eigenvalue weighted by Gasteiger charge is -2.24. The van der Waals surface area contributed by atoms with E-state index in [9.17, 15) is 10.1 Å². The summed E-state index contributed by atoms with van der Waals surface area (Å²) in [5, 5.41) is 29.1. The third-order valence-electron chi connectivity index (χ3n) is 2.92. The minimum Gasteiger partial charge on any atom is -0.389 e. The van der Waals surface area contributed by atoms with Gasteiger partial charge in [-0.3, -0.25) is 10.1 Å². The van der Waals surface area contributed by atoms with Crippen LogP contribution in [0.2, 0.25) is 0 Å². The quantitative estimate of drug-likeness (QED) is 0.388. The van der Waals surface area contributed by atoms with Gasteiger partial charge in [-0.1, -0.05) is 18.6 Å². The minimum atomic E-state index is -1.59. The zero-order chi connectivity index (χ0) is 13.5. The molecule has 0 saturated carbocycles. The van der Waals surface area contributed by atoms with Gasteiger partial charge in [0.1, 0.15) is 13.2 Å². The van der Waals surface area contributed by atoms with Crippen LogP contribution in [-0.4, -0.2) is 33.9 Å². The molecule has 0 heterocycles. The second kappa shape index (κ2) is 7.40. The number of aliphatic hydroxyl groups excluding tert-OH is 2. The van der Waals surface area contributed by atoms with Gasteiger partial charge in [-0.2, -0.15) is 0 Å². The maximum atomic E-state index is 10.9. The summed E-state index contributed by atoms with van der Waals surface area (Å²) in [4.78, 5) is 10.3. The molecule has 1 unspecified atom stereocenters. The summed E-state index contributed by atoms with van der Waals surface area (Å²) in [6.07, 6.45) is 3.97. The molecule has 2 N–H and O–H groups in total. The van der Waals surface area contributed by atoms with E-state index in [-0.39, 0.29) is 12.3 Å². The maximum absolute atomic E-state index is 10.9. The van der Waals surface area contributed by atoms with Crippen molar-refractivity contribution in [3.63, 3.8) is 0 Å². The van der Waals surface area contributed by atoms with Crippen molar-refractivity contribution in [2.45, 2.75) is 45.6 Å². The number of allylic oxidation sites excluding steroid dienone is 2. The molecule has 1 atom stereocenters. The smallest absolute Gasteiger partial charge is 0.267 e. The molecule has 5 nitrogen and oxygen atoms in total. The highest BCUT2D eigenvalue weighted by molar-refractivity contribution is 4.93. The fourth-order valence-corrected chi connectivity index (χ4v) is 1.78. The summed E-state index contributed by atoms with van der Waals surface area (Å²) >= 11 is 0. The van der Waals surface area contributed by atoms with E-state index < -0.39 is 23.7 Å². The third kappa shape index (κ3) is 5.28. The maximum Gasteiger partial charge on any atom is 0.267 e. The van der Waals surface area contributed by atoms with Gasteiger partial charge >= 0.3 is 0 Å². The molecule has 0 bridgehead atoms. The molecule has 0 aromatic rings. The predicted molar refractivity (Wildman–Crippen MR) is 66.3 cm³/mol. The van der Waals surface area contributed by atoms with Crippen LogP contribution in [0.5, 0.6) is 0 Å². The largest absolute Gasteiger partial charge is 0.389 e. The average molecular weight is 245 g/mol. The number of nitrogens with zero attached hydrogens (tertiary/aromatic N) is 1. The first-order valence-electron chi connectivity index (χ1n) is 5.87. The van der Waals surface area contributed by atoms with Gasteiger partial charge in [-0.05, 0) is 32.6 Å². The Bertz CT molecular complexity index is 268. The lowest BCUT2D eigenvalue weighted by atomic mass is 9.87. The molecule has 0 rings (SSSR count). The van der Waals surface area contributed by atoms with Crippen LogP contribution in [0.15, 0.2) is 11.6 Å². The van der Waals surface area contributed by atoms with E-state index in [2.05, 4.69) is 6.08 Å². The Balaban J connectivity index is 4.36. The van der Waals surface area contributed by atoms with Gasteiger partial charge in [0.2, 0.25) is 0 Å². The Morgan fingerprint density at radius 3 is 2.29 bits per heavy atom. The van der Waals surface area contributed by atoms with E-state index >= 15 is 0 Å². The van der Waals surface area contributed by atoms with Crippen molar-refractivity contribution in [1.29, 1.82) is 0 Å². The van der Waals surface area contributed by atoms with Crippen molar-refractivity contribution in [3.05, 3.63) is 21.8 Å². The van der Waals surface area contributed by atoms with E-state index in [0.29, 0.717) is 0 Å². The molecule has 0 spiro atoms. The zero-order valence-electron chi connectivity index (χ0n) is 10.8. The van der Waals surface area contributed by atoms with Crippen LogP contribution in [0, 0.1) is 16.0 Å². The van der Waals surface area contributed by atoms with Gasteiger partial charge in [0, 0.05) is 11.3 Å². The van der Waals surface area contributed by atoms with Crippen molar-refractivity contribution in [2.75, 3.05) is 13.2 Å². The van der Waals surface area contributed by atoms with Crippen LogP contribution < -0.4 is 0 Å². The van der Waals surface area contributed by atoms with E-state index in [1.54, 1.807) is 0 Å². The van der Waals surface area contributed by atoms with E-state index in [4.69, 9.17) is 10.2 Å². The Kier molecular flexibility index (Phi) is 6.99. The molecule has 0 aromatic carbocycles. The first-order chi connectivity index (χ1) is 7.88. The Hall–Kier alpha value is -0.940.